The zero-order valence-corrected chi connectivity index (χ0v) is 11.0. The number of amides is 1. The number of ether oxygens (including phenoxy) is 1. The number of nitrogens with one attached hydrogen (secondary N) is 1. The van der Waals surface area contributed by atoms with Gasteiger partial charge in [-0.05, 0) is 25.0 Å². The Morgan fingerprint density at radius 2 is 1.95 bits per heavy atom. The van der Waals surface area contributed by atoms with Crippen LogP contribution in [0.3, 0.4) is 0 Å². The van der Waals surface area contributed by atoms with E-state index in [1.165, 1.54) is 7.11 Å². The zero-order chi connectivity index (χ0) is 15.1. The predicted octanol–water partition coefficient (Wildman–Crippen LogP) is 2.20. The molecule has 1 atom stereocenters. The molecule has 0 aromatic heterocycles. The molecular weight excluding hydrogens is 268 g/mol. The average molecular weight is 283 g/mol. The maximum absolute atomic E-state index is 13.0. The molecule has 0 aliphatic heterocycles. The van der Waals surface area contributed by atoms with Gasteiger partial charge in [-0.3, -0.25) is 4.79 Å². The van der Waals surface area contributed by atoms with Crippen molar-refractivity contribution >= 4 is 11.9 Å². The molecule has 0 aliphatic carbocycles. The van der Waals surface area contributed by atoms with Crippen LogP contribution in [0.1, 0.15) is 23.2 Å². The number of carbonyl (C=O) groups is 2. The van der Waals surface area contributed by atoms with Gasteiger partial charge in [0.05, 0.1) is 7.11 Å². The lowest BCUT2D eigenvalue weighted by molar-refractivity contribution is -0.143. The number of hydrogen-bond donors (Lipinski definition) is 1. The monoisotopic (exact) mass is 283 g/mol. The Balaban J connectivity index is 2.83. The summed E-state index contributed by atoms with van der Waals surface area (Å²) in [4.78, 5) is 23.4. The van der Waals surface area contributed by atoms with Crippen molar-refractivity contribution in [1.82, 2.24) is 5.32 Å². The Bertz CT molecular complexity index is 497. The van der Waals surface area contributed by atoms with Gasteiger partial charge in [-0.2, -0.15) is 0 Å². The van der Waals surface area contributed by atoms with Crippen molar-refractivity contribution in [1.29, 1.82) is 0 Å². The SMILES string of the molecule is C=CCC[C@@H](NC(=O)c1cc(F)cc(F)c1)C(=O)OC. The van der Waals surface area contributed by atoms with E-state index in [9.17, 15) is 18.4 Å². The van der Waals surface area contributed by atoms with Gasteiger partial charge in [0.1, 0.15) is 17.7 Å². The molecule has 20 heavy (non-hydrogen) atoms. The van der Waals surface area contributed by atoms with Gasteiger partial charge in [-0.25, -0.2) is 13.6 Å². The number of allylic oxidation sites excluding steroid dienone is 1. The summed E-state index contributed by atoms with van der Waals surface area (Å²) in [6.07, 6.45) is 2.36. The van der Waals surface area contributed by atoms with Crippen LogP contribution in [0.5, 0.6) is 0 Å². The van der Waals surface area contributed by atoms with E-state index in [2.05, 4.69) is 16.6 Å². The molecule has 1 N–H and O–H groups in total. The standard InChI is InChI=1S/C14H15F2NO3/c1-3-4-5-12(14(19)20-2)17-13(18)9-6-10(15)8-11(16)7-9/h3,6-8,12H,1,4-5H2,2H3,(H,17,18)/t12-/m1/s1. The van der Waals surface area contributed by atoms with E-state index in [0.29, 0.717) is 18.9 Å². The number of esters is 1. The molecule has 6 heteroatoms. The molecule has 0 saturated heterocycles. The summed E-state index contributed by atoms with van der Waals surface area (Å²) in [7, 11) is 1.19. The highest BCUT2D eigenvalue weighted by Gasteiger charge is 2.21. The van der Waals surface area contributed by atoms with E-state index >= 15 is 0 Å². The third-order valence-electron chi connectivity index (χ3n) is 2.58. The maximum atomic E-state index is 13.0. The molecule has 1 amide bonds. The Morgan fingerprint density at radius 1 is 1.35 bits per heavy atom. The molecule has 0 unspecified atom stereocenters. The summed E-state index contributed by atoms with van der Waals surface area (Å²) in [6, 6.07) is 1.55. The van der Waals surface area contributed by atoms with E-state index in [0.717, 1.165) is 12.1 Å². The first-order chi connectivity index (χ1) is 9.47. The van der Waals surface area contributed by atoms with Crippen molar-refractivity contribution in [2.45, 2.75) is 18.9 Å². The fourth-order valence-corrected chi connectivity index (χ4v) is 1.60. The molecule has 0 heterocycles. The first kappa shape index (κ1) is 15.8. The average Bonchev–Trinajstić information content (AvgIpc) is 2.41. The van der Waals surface area contributed by atoms with Crippen molar-refractivity contribution in [3.05, 3.63) is 48.1 Å². The summed E-state index contributed by atoms with van der Waals surface area (Å²) < 4.78 is 30.6. The Hall–Kier alpha value is -2.24. The molecular formula is C14H15F2NO3. The molecule has 108 valence electrons. The Kier molecular flexibility index (Phi) is 5.83. The van der Waals surface area contributed by atoms with Crippen LogP contribution >= 0.6 is 0 Å². The number of halogens is 2. The van der Waals surface area contributed by atoms with Crippen LogP contribution in [0.15, 0.2) is 30.9 Å². The Labute approximate surface area is 115 Å². The van der Waals surface area contributed by atoms with Crippen molar-refractivity contribution in [2.24, 2.45) is 0 Å². The Morgan fingerprint density at radius 3 is 2.45 bits per heavy atom. The lowest BCUT2D eigenvalue weighted by Gasteiger charge is -2.15. The van der Waals surface area contributed by atoms with Crippen molar-refractivity contribution in [3.63, 3.8) is 0 Å². The lowest BCUT2D eigenvalue weighted by Crippen LogP contribution is -2.41. The number of benzene rings is 1. The number of methoxy groups -OCH3 is 1. The van der Waals surface area contributed by atoms with E-state index in [-0.39, 0.29) is 5.56 Å². The van der Waals surface area contributed by atoms with Crippen LogP contribution in [-0.4, -0.2) is 25.0 Å². The lowest BCUT2D eigenvalue weighted by atomic mass is 10.1. The highest BCUT2D eigenvalue weighted by atomic mass is 19.1. The second-order valence-corrected chi connectivity index (χ2v) is 4.07. The van der Waals surface area contributed by atoms with Crippen molar-refractivity contribution < 1.29 is 23.1 Å². The summed E-state index contributed by atoms with van der Waals surface area (Å²) in [6.45, 7) is 3.51. The van der Waals surface area contributed by atoms with Gasteiger partial charge < -0.3 is 10.1 Å². The summed E-state index contributed by atoms with van der Waals surface area (Å²) in [5.41, 5.74) is -0.199. The van der Waals surface area contributed by atoms with Crippen LogP contribution in [-0.2, 0) is 9.53 Å². The topological polar surface area (TPSA) is 55.4 Å². The molecule has 0 spiro atoms. The third-order valence-corrected chi connectivity index (χ3v) is 2.58. The molecule has 0 radical (unpaired) electrons. The van der Waals surface area contributed by atoms with Crippen molar-refractivity contribution in [3.8, 4) is 0 Å². The van der Waals surface area contributed by atoms with Crippen LogP contribution < -0.4 is 5.32 Å². The van der Waals surface area contributed by atoms with Crippen molar-refractivity contribution in [2.75, 3.05) is 7.11 Å². The minimum absolute atomic E-state index is 0.199. The van der Waals surface area contributed by atoms with Gasteiger partial charge in [0.25, 0.3) is 5.91 Å². The third kappa shape index (κ3) is 4.46. The largest absolute Gasteiger partial charge is 0.467 e. The van der Waals surface area contributed by atoms with Gasteiger partial charge in [0.2, 0.25) is 0 Å². The highest BCUT2D eigenvalue weighted by Crippen LogP contribution is 2.09. The van der Waals surface area contributed by atoms with Crippen LogP contribution in [0.25, 0.3) is 0 Å². The van der Waals surface area contributed by atoms with E-state index in [1.54, 1.807) is 6.08 Å². The fraction of sp³-hybridized carbons (Fsp3) is 0.286. The second kappa shape index (κ2) is 7.37. The maximum Gasteiger partial charge on any atom is 0.328 e. The minimum Gasteiger partial charge on any atom is -0.467 e. The summed E-state index contributed by atoms with van der Waals surface area (Å²) in [5, 5.41) is 2.38. The fourth-order valence-electron chi connectivity index (χ4n) is 1.60. The smallest absolute Gasteiger partial charge is 0.328 e. The second-order valence-electron chi connectivity index (χ2n) is 4.07. The van der Waals surface area contributed by atoms with Gasteiger partial charge in [-0.15, -0.1) is 6.58 Å². The van der Waals surface area contributed by atoms with E-state index < -0.39 is 29.6 Å². The molecule has 1 rings (SSSR count). The molecule has 0 aliphatic rings. The minimum atomic E-state index is -0.892. The molecule has 1 aromatic rings. The highest BCUT2D eigenvalue weighted by molar-refractivity contribution is 5.96. The predicted molar refractivity (Wildman–Crippen MR) is 69.1 cm³/mol. The number of rotatable bonds is 6. The molecule has 1 aromatic carbocycles. The molecule has 0 bridgehead atoms. The van der Waals surface area contributed by atoms with Gasteiger partial charge >= 0.3 is 5.97 Å². The summed E-state index contributed by atoms with van der Waals surface area (Å²) >= 11 is 0. The molecule has 0 saturated carbocycles. The summed E-state index contributed by atoms with van der Waals surface area (Å²) in [5.74, 6) is -3.10. The van der Waals surface area contributed by atoms with E-state index in [4.69, 9.17) is 0 Å². The first-order valence-electron chi connectivity index (χ1n) is 5.93. The first-order valence-corrected chi connectivity index (χ1v) is 5.93. The van der Waals surface area contributed by atoms with Gasteiger partial charge in [0.15, 0.2) is 0 Å². The molecule has 0 fully saturated rings. The van der Waals surface area contributed by atoms with E-state index in [1.807, 2.05) is 0 Å². The zero-order valence-electron chi connectivity index (χ0n) is 11.0. The number of hydrogen-bond acceptors (Lipinski definition) is 3. The van der Waals surface area contributed by atoms with Crippen LogP contribution in [0, 0.1) is 11.6 Å². The quantitative estimate of drug-likeness (QED) is 0.643. The number of carbonyl (C=O) groups excluding carboxylic acids is 2. The van der Waals surface area contributed by atoms with Crippen LogP contribution in [0.4, 0.5) is 8.78 Å². The molecule has 4 nitrogen and oxygen atoms in total. The van der Waals surface area contributed by atoms with Gasteiger partial charge in [-0.1, -0.05) is 6.08 Å². The van der Waals surface area contributed by atoms with Crippen LogP contribution in [0.2, 0.25) is 0 Å². The normalized spacial score (nSPS) is 11.6. The van der Waals surface area contributed by atoms with Gasteiger partial charge in [0, 0.05) is 11.6 Å².